The van der Waals surface area contributed by atoms with Crippen LogP contribution in [0.1, 0.15) is 11.1 Å². The molecule has 24 heavy (non-hydrogen) atoms. The first-order chi connectivity index (χ1) is 11.6. The Balaban J connectivity index is 2.12. The molecule has 2 aromatic rings. The number of nitrogens with zero attached hydrogens (tertiary/aromatic N) is 1. The molecule has 1 N–H and O–H groups in total. The highest BCUT2D eigenvalue weighted by atomic mass is 32.1. The molecule has 0 radical (unpaired) electrons. The summed E-state index contributed by atoms with van der Waals surface area (Å²) in [5.74, 6) is -1.59. The van der Waals surface area contributed by atoms with Crippen molar-refractivity contribution < 1.29 is 15.0 Å². The lowest BCUT2D eigenvalue weighted by molar-refractivity contribution is -0.224. The van der Waals surface area contributed by atoms with Crippen molar-refractivity contribution in [3.63, 3.8) is 0 Å². The highest BCUT2D eigenvalue weighted by molar-refractivity contribution is 7.80. The molecule has 0 saturated carbocycles. The van der Waals surface area contributed by atoms with Gasteiger partial charge in [-0.2, -0.15) is 12.6 Å². The van der Waals surface area contributed by atoms with Crippen molar-refractivity contribution in [1.29, 1.82) is 0 Å². The van der Waals surface area contributed by atoms with E-state index in [0.717, 1.165) is 11.1 Å². The maximum Gasteiger partial charge on any atom is 0.328 e. The Morgan fingerprint density at radius 2 is 1.50 bits per heavy atom. The van der Waals surface area contributed by atoms with E-state index in [1.165, 1.54) is 0 Å². The average molecular weight is 342 g/mol. The summed E-state index contributed by atoms with van der Waals surface area (Å²) in [6.45, 7) is 0. The van der Waals surface area contributed by atoms with E-state index in [4.69, 9.17) is 0 Å². The van der Waals surface area contributed by atoms with E-state index in [1.807, 2.05) is 60.7 Å². The zero-order valence-electron chi connectivity index (χ0n) is 13.2. The summed E-state index contributed by atoms with van der Waals surface area (Å²) in [5.41, 5.74) is 1.85. The fourth-order valence-electron chi connectivity index (χ4n) is 2.41. The van der Waals surface area contributed by atoms with Crippen LogP contribution in [0, 0.1) is 5.92 Å². The molecule has 5 heteroatoms. The summed E-state index contributed by atoms with van der Waals surface area (Å²) in [6, 6.07) is 17.7. The maximum absolute atomic E-state index is 12.4. The number of aliphatic carboxylic acids is 1. The Bertz CT molecular complexity index is 674. The van der Waals surface area contributed by atoms with Crippen molar-refractivity contribution in [1.82, 2.24) is 0 Å². The van der Waals surface area contributed by atoms with Gasteiger partial charge in [-0.1, -0.05) is 60.7 Å². The minimum Gasteiger partial charge on any atom is -0.862 e. The second kappa shape index (κ2) is 9.13. The van der Waals surface area contributed by atoms with E-state index in [-0.39, 0.29) is 6.42 Å². The van der Waals surface area contributed by atoms with Crippen LogP contribution in [0.15, 0.2) is 65.7 Å². The van der Waals surface area contributed by atoms with Gasteiger partial charge in [-0.3, -0.25) is 4.99 Å². The molecule has 0 spiro atoms. The van der Waals surface area contributed by atoms with Gasteiger partial charge in [0.25, 0.3) is 0 Å². The van der Waals surface area contributed by atoms with E-state index in [2.05, 4.69) is 17.6 Å². The lowest BCUT2D eigenvalue weighted by Crippen LogP contribution is -2.34. The maximum atomic E-state index is 12.4. The van der Waals surface area contributed by atoms with Gasteiger partial charge in [-0.15, -0.1) is 0 Å². The Labute approximate surface area is 147 Å². The molecule has 0 aliphatic rings. The topological polar surface area (TPSA) is 72.7 Å². The molecular formula is C19H20NO3S-. The van der Waals surface area contributed by atoms with Gasteiger partial charge in [0.05, 0.1) is 0 Å². The van der Waals surface area contributed by atoms with Crippen LogP contribution in [0.25, 0.3) is 0 Å². The fraction of sp³-hybridized carbons (Fsp3) is 0.263. The summed E-state index contributed by atoms with van der Waals surface area (Å²) in [5, 5.41) is 21.8. The molecular weight excluding hydrogens is 322 g/mol. The predicted molar refractivity (Wildman–Crippen MR) is 96.5 cm³/mol. The van der Waals surface area contributed by atoms with Gasteiger partial charge in [0, 0.05) is 6.42 Å². The number of aliphatic imine (C=N–C) groups is 1. The van der Waals surface area contributed by atoms with Crippen molar-refractivity contribution in [2.75, 3.05) is 5.75 Å². The van der Waals surface area contributed by atoms with Crippen molar-refractivity contribution in [3.8, 4) is 0 Å². The molecule has 0 aromatic heterocycles. The average Bonchev–Trinajstić information content (AvgIpc) is 2.60. The molecule has 126 valence electrons. The Hall–Kier alpha value is -2.27. The van der Waals surface area contributed by atoms with Gasteiger partial charge in [0.15, 0.2) is 0 Å². The van der Waals surface area contributed by atoms with Crippen molar-refractivity contribution in [2.24, 2.45) is 10.9 Å². The van der Waals surface area contributed by atoms with E-state index in [1.54, 1.807) is 0 Å². The normalized spacial score (nSPS) is 14.1. The predicted octanol–water partition coefficient (Wildman–Crippen LogP) is 2.23. The molecule has 0 aliphatic carbocycles. The minimum atomic E-state index is -1.09. The van der Waals surface area contributed by atoms with Crippen molar-refractivity contribution in [3.05, 3.63) is 71.8 Å². The summed E-state index contributed by atoms with van der Waals surface area (Å²) in [6.07, 6.45) is 0.705. The van der Waals surface area contributed by atoms with Crippen LogP contribution < -0.4 is 5.11 Å². The van der Waals surface area contributed by atoms with Crippen molar-refractivity contribution in [2.45, 2.75) is 18.9 Å². The van der Waals surface area contributed by atoms with Gasteiger partial charge in [0.1, 0.15) is 6.04 Å². The smallest absolute Gasteiger partial charge is 0.328 e. The molecule has 4 nitrogen and oxygen atoms in total. The second-order valence-corrected chi connectivity index (χ2v) is 5.95. The van der Waals surface area contributed by atoms with Crippen molar-refractivity contribution >= 4 is 24.5 Å². The van der Waals surface area contributed by atoms with Crippen LogP contribution >= 0.6 is 12.6 Å². The van der Waals surface area contributed by atoms with Crippen LogP contribution in [0.2, 0.25) is 0 Å². The summed E-state index contributed by atoms with van der Waals surface area (Å²) < 4.78 is 0. The quantitative estimate of drug-likeness (QED) is 0.439. The number of carbonyl (C=O) groups is 1. The summed E-state index contributed by atoms with van der Waals surface area (Å²) in [7, 11) is 0. The molecule has 0 fully saturated rings. The third-order valence-corrected chi connectivity index (χ3v) is 4.18. The minimum absolute atomic E-state index is 0.201. The molecule has 2 atom stereocenters. The molecule has 2 aromatic carbocycles. The van der Waals surface area contributed by atoms with Gasteiger partial charge < -0.3 is 10.2 Å². The summed E-state index contributed by atoms with van der Waals surface area (Å²) >= 11 is 4.23. The molecule has 0 unspecified atom stereocenters. The van der Waals surface area contributed by atoms with E-state index < -0.39 is 23.8 Å². The van der Waals surface area contributed by atoms with E-state index >= 15 is 0 Å². The number of hydrogen-bond acceptors (Lipinski definition) is 4. The molecule has 0 heterocycles. The number of rotatable bonds is 8. The molecule has 0 aliphatic heterocycles. The summed E-state index contributed by atoms with van der Waals surface area (Å²) in [4.78, 5) is 15.4. The largest absolute Gasteiger partial charge is 0.862 e. The van der Waals surface area contributed by atoms with E-state index in [0.29, 0.717) is 12.2 Å². The highest BCUT2D eigenvalue weighted by Gasteiger charge is 2.18. The number of carboxylic acid groups (broad SMARTS) is 1. The number of carboxylic acids is 1. The van der Waals surface area contributed by atoms with Crippen LogP contribution in [0.5, 0.6) is 0 Å². The van der Waals surface area contributed by atoms with Gasteiger partial charge in [-0.05, 0) is 35.1 Å². The van der Waals surface area contributed by atoms with Crippen LogP contribution in [-0.4, -0.2) is 28.8 Å². The first-order valence-electron chi connectivity index (χ1n) is 7.76. The third-order valence-electron chi connectivity index (χ3n) is 3.73. The first kappa shape index (κ1) is 18.1. The SMILES string of the molecule is O=C(O)[C@H](Cc1ccccc1)N=C([O-])[C@@H](CS)Cc1ccccc1. The Morgan fingerprint density at radius 1 is 1.00 bits per heavy atom. The van der Waals surface area contributed by atoms with Gasteiger partial charge in [-0.25, -0.2) is 4.79 Å². The third kappa shape index (κ3) is 5.42. The molecule has 0 amide bonds. The zero-order chi connectivity index (χ0) is 17.4. The highest BCUT2D eigenvalue weighted by Crippen LogP contribution is 2.13. The molecule has 0 bridgehead atoms. The van der Waals surface area contributed by atoms with Crippen LogP contribution in [0.3, 0.4) is 0 Å². The molecule has 2 rings (SSSR count). The fourth-order valence-corrected chi connectivity index (χ4v) is 2.70. The lowest BCUT2D eigenvalue weighted by atomic mass is 10.0. The van der Waals surface area contributed by atoms with Gasteiger partial charge >= 0.3 is 5.97 Å². The monoisotopic (exact) mass is 342 g/mol. The lowest BCUT2D eigenvalue weighted by Gasteiger charge is -2.23. The Kier molecular flexibility index (Phi) is 6.88. The van der Waals surface area contributed by atoms with Crippen LogP contribution in [-0.2, 0) is 17.6 Å². The Morgan fingerprint density at radius 3 is 1.96 bits per heavy atom. The van der Waals surface area contributed by atoms with E-state index in [9.17, 15) is 15.0 Å². The van der Waals surface area contributed by atoms with Gasteiger partial charge in [0.2, 0.25) is 0 Å². The zero-order valence-corrected chi connectivity index (χ0v) is 14.1. The standard InChI is InChI=1S/C19H21NO3S/c21-18(16(13-24)11-14-7-3-1-4-8-14)20-17(19(22)23)12-15-9-5-2-6-10-15/h1-10,16-17,24H,11-13H2,(H,20,21)(H,22,23)/p-1/t16-,17+/m1/s1. The number of thiol groups is 1. The first-order valence-corrected chi connectivity index (χ1v) is 8.39. The second-order valence-electron chi connectivity index (χ2n) is 5.58. The molecule has 0 saturated heterocycles. The number of benzene rings is 2. The number of hydrogen-bond donors (Lipinski definition) is 2. The van der Waals surface area contributed by atoms with Crippen LogP contribution in [0.4, 0.5) is 0 Å².